The first-order chi connectivity index (χ1) is 7.30. The van der Waals surface area contributed by atoms with Gasteiger partial charge in [0.15, 0.2) is 5.65 Å². The van der Waals surface area contributed by atoms with Crippen LogP contribution in [0.15, 0.2) is 12.3 Å². The largest absolute Gasteiger partial charge is 0.288 e. The van der Waals surface area contributed by atoms with Crippen molar-refractivity contribution in [3.05, 3.63) is 29.5 Å². The zero-order valence-electron chi connectivity index (χ0n) is 9.62. The van der Waals surface area contributed by atoms with Crippen LogP contribution >= 0.6 is 0 Å². The molecule has 0 N–H and O–H groups in total. The Hall–Kier alpha value is -1.38. The van der Waals surface area contributed by atoms with Crippen molar-refractivity contribution in [2.24, 2.45) is 0 Å². The van der Waals surface area contributed by atoms with Gasteiger partial charge in [0.1, 0.15) is 5.82 Å². The molecule has 0 unspecified atom stereocenters. The molecule has 0 atom stereocenters. The van der Waals surface area contributed by atoms with Crippen LogP contribution in [0.1, 0.15) is 38.0 Å². The molecule has 0 aliphatic carbocycles. The van der Waals surface area contributed by atoms with Crippen molar-refractivity contribution < 1.29 is 0 Å². The maximum atomic E-state index is 4.63. The van der Waals surface area contributed by atoms with Crippen LogP contribution in [0.4, 0.5) is 0 Å². The highest BCUT2D eigenvalue weighted by atomic mass is 15.1. The molecule has 80 valence electrons. The standard InChI is InChI=1S/C12H17N3/c1-4-9-7-8-15-11(6-3)14-10(5-2)12(15)13-9/h7-8H,4-6H2,1-3H3. The maximum absolute atomic E-state index is 4.63. The van der Waals surface area contributed by atoms with Gasteiger partial charge >= 0.3 is 0 Å². The summed E-state index contributed by atoms with van der Waals surface area (Å²) in [5.41, 5.74) is 3.29. The molecule has 2 aromatic heterocycles. The van der Waals surface area contributed by atoms with Crippen LogP contribution in [0.5, 0.6) is 0 Å². The Morgan fingerprint density at radius 1 is 1.07 bits per heavy atom. The lowest BCUT2D eigenvalue weighted by Gasteiger charge is -2.00. The highest BCUT2D eigenvalue weighted by Gasteiger charge is 2.09. The lowest BCUT2D eigenvalue weighted by molar-refractivity contribution is 0.907. The number of aromatic nitrogens is 3. The van der Waals surface area contributed by atoms with Crippen molar-refractivity contribution in [2.75, 3.05) is 0 Å². The normalized spacial score (nSPS) is 11.1. The van der Waals surface area contributed by atoms with E-state index < -0.39 is 0 Å². The van der Waals surface area contributed by atoms with E-state index in [9.17, 15) is 0 Å². The summed E-state index contributed by atoms with van der Waals surface area (Å²) in [6, 6.07) is 2.08. The molecule has 3 nitrogen and oxygen atoms in total. The summed E-state index contributed by atoms with van der Waals surface area (Å²) >= 11 is 0. The molecule has 0 fully saturated rings. The Balaban J connectivity index is 2.68. The minimum atomic E-state index is 0.948. The molecule has 0 aliphatic heterocycles. The fourth-order valence-corrected chi connectivity index (χ4v) is 1.81. The highest BCUT2D eigenvalue weighted by Crippen LogP contribution is 2.13. The number of hydrogen-bond acceptors (Lipinski definition) is 2. The number of hydrogen-bond donors (Lipinski definition) is 0. The molecule has 2 aromatic rings. The van der Waals surface area contributed by atoms with E-state index in [0.29, 0.717) is 0 Å². The average molecular weight is 203 g/mol. The molecule has 0 aliphatic rings. The van der Waals surface area contributed by atoms with Gasteiger partial charge in [0.05, 0.1) is 5.69 Å². The zero-order chi connectivity index (χ0) is 10.8. The number of aryl methyl sites for hydroxylation is 3. The fraction of sp³-hybridized carbons (Fsp3) is 0.500. The molecule has 0 saturated carbocycles. The Bertz CT molecular complexity index is 471. The van der Waals surface area contributed by atoms with E-state index in [-0.39, 0.29) is 0 Å². The summed E-state index contributed by atoms with van der Waals surface area (Å²) in [5.74, 6) is 1.11. The van der Waals surface area contributed by atoms with E-state index in [1.165, 1.54) is 0 Å². The van der Waals surface area contributed by atoms with E-state index in [0.717, 1.165) is 42.1 Å². The molecule has 0 spiro atoms. The van der Waals surface area contributed by atoms with Gasteiger partial charge in [0.25, 0.3) is 0 Å². The second-order valence-corrected chi connectivity index (χ2v) is 3.65. The predicted molar refractivity (Wildman–Crippen MR) is 61.1 cm³/mol. The lowest BCUT2D eigenvalue weighted by Crippen LogP contribution is -1.96. The minimum absolute atomic E-state index is 0.948. The molecule has 2 heterocycles. The first-order valence-electron chi connectivity index (χ1n) is 5.65. The first-order valence-corrected chi connectivity index (χ1v) is 5.65. The van der Waals surface area contributed by atoms with Gasteiger partial charge in [0.2, 0.25) is 0 Å². The Morgan fingerprint density at radius 2 is 1.87 bits per heavy atom. The van der Waals surface area contributed by atoms with Gasteiger partial charge < -0.3 is 0 Å². The van der Waals surface area contributed by atoms with E-state index in [1.54, 1.807) is 0 Å². The van der Waals surface area contributed by atoms with Crippen LogP contribution < -0.4 is 0 Å². The third-order valence-corrected chi connectivity index (χ3v) is 2.71. The maximum Gasteiger partial charge on any atom is 0.160 e. The monoisotopic (exact) mass is 203 g/mol. The summed E-state index contributed by atoms with van der Waals surface area (Å²) in [5, 5.41) is 0. The van der Waals surface area contributed by atoms with Gasteiger partial charge in [-0.1, -0.05) is 20.8 Å². The SMILES string of the molecule is CCc1ccn2c(CC)nc(CC)c2n1. The molecule has 0 bridgehead atoms. The molecule has 2 rings (SSSR count). The van der Waals surface area contributed by atoms with Crippen LogP contribution in [-0.2, 0) is 19.3 Å². The molecule has 15 heavy (non-hydrogen) atoms. The number of fused-ring (bicyclic) bond motifs is 1. The zero-order valence-corrected chi connectivity index (χ0v) is 9.62. The average Bonchev–Trinajstić information content (AvgIpc) is 2.65. The highest BCUT2D eigenvalue weighted by molar-refractivity contribution is 5.46. The summed E-state index contributed by atoms with van der Waals surface area (Å²) < 4.78 is 2.11. The molecule has 0 amide bonds. The van der Waals surface area contributed by atoms with Crippen LogP contribution in [0.3, 0.4) is 0 Å². The van der Waals surface area contributed by atoms with Gasteiger partial charge in [-0.2, -0.15) is 0 Å². The van der Waals surface area contributed by atoms with Crippen LogP contribution in [-0.4, -0.2) is 14.4 Å². The van der Waals surface area contributed by atoms with Crippen molar-refractivity contribution in [3.63, 3.8) is 0 Å². The van der Waals surface area contributed by atoms with Crippen molar-refractivity contribution in [3.8, 4) is 0 Å². The fourth-order valence-electron chi connectivity index (χ4n) is 1.81. The first kappa shape index (κ1) is 10.1. The van der Waals surface area contributed by atoms with Crippen LogP contribution in [0, 0.1) is 0 Å². The van der Waals surface area contributed by atoms with E-state index in [2.05, 4.69) is 47.4 Å². The van der Waals surface area contributed by atoms with Crippen LogP contribution in [0.25, 0.3) is 5.65 Å². The Kier molecular flexibility index (Phi) is 2.71. The Morgan fingerprint density at radius 3 is 2.47 bits per heavy atom. The van der Waals surface area contributed by atoms with E-state index in [4.69, 9.17) is 0 Å². The molecule has 0 saturated heterocycles. The van der Waals surface area contributed by atoms with E-state index in [1.807, 2.05) is 0 Å². The second-order valence-electron chi connectivity index (χ2n) is 3.65. The molecule has 3 heteroatoms. The number of imidazole rings is 1. The second kappa shape index (κ2) is 4.01. The van der Waals surface area contributed by atoms with Crippen LogP contribution in [0.2, 0.25) is 0 Å². The minimum Gasteiger partial charge on any atom is -0.288 e. The van der Waals surface area contributed by atoms with Gasteiger partial charge in [-0.25, -0.2) is 9.97 Å². The van der Waals surface area contributed by atoms with Crippen molar-refractivity contribution in [1.82, 2.24) is 14.4 Å². The third-order valence-electron chi connectivity index (χ3n) is 2.71. The topological polar surface area (TPSA) is 30.2 Å². The quantitative estimate of drug-likeness (QED) is 0.767. The summed E-state index contributed by atoms with van der Waals surface area (Å²) in [4.78, 5) is 9.24. The smallest absolute Gasteiger partial charge is 0.160 e. The molecular formula is C12H17N3. The lowest BCUT2D eigenvalue weighted by atomic mass is 10.3. The molecular weight excluding hydrogens is 186 g/mol. The van der Waals surface area contributed by atoms with Gasteiger partial charge in [0, 0.05) is 18.3 Å². The predicted octanol–water partition coefficient (Wildman–Crippen LogP) is 2.42. The number of rotatable bonds is 3. The van der Waals surface area contributed by atoms with Gasteiger partial charge in [-0.05, 0) is 18.9 Å². The van der Waals surface area contributed by atoms with Gasteiger partial charge in [-0.3, -0.25) is 4.40 Å². The van der Waals surface area contributed by atoms with Gasteiger partial charge in [-0.15, -0.1) is 0 Å². The van der Waals surface area contributed by atoms with Crippen molar-refractivity contribution in [2.45, 2.75) is 40.0 Å². The molecule has 0 radical (unpaired) electrons. The van der Waals surface area contributed by atoms with Crippen molar-refractivity contribution >= 4 is 5.65 Å². The number of nitrogens with zero attached hydrogens (tertiary/aromatic N) is 3. The third kappa shape index (κ3) is 1.62. The molecule has 0 aromatic carbocycles. The Labute approximate surface area is 90.2 Å². The van der Waals surface area contributed by atoms with E-state index >= 15 is 0 Å². The summed E-state index contributed by atoms with van der Waals surface area (Å²) in [6.45, 7) is 6.38. The summed E-state index contributed by atoms with van der Waals surface area (Å²) in [6.07, 6.45) is 4.97. The summed E-state index contributed by atoms with van der Waals surface area (Å²) in [7, 11) is 0. The van der Waals surface area contributed by atoms with Crippen molar-refractivity contribution in [1.29, 1.82) is 0 Å².